The van der Waals surface area contributed by atoms with Gasteiger partial charge in [-0.25, -0.2) is 0 Å². The Labute approximate surface area is 52.1 Å². The smallest absolute Gasteiger partial charge is 0.0664 e. The molecule has 0 radical (unpaired) electrons. The Kier molecular flexibility index (Phi) is 0.617. The van der Waals surface area contributed by atoms with E-state index in [4.69, 9.17) is 0 Å². The van der Waals surface area contributed by atoms with Crippen LogP contribution in [-0.4, -0.2) is 7.85 Å². The largest absolute Gasteiger partial charge is 0.109 e. The first-order valence-corrected chi connectivity index (χ1v) is 3.66. The second kappa shape index (κ2) is 1.01. The molecule has 0 aromatic heterocycles. The van der Waals surface area contributed by atoms with Crippen molar-refractivity contribution in [1.82, 2.24) is 0 Å². The lowest BCUT2D eigenvalue weighted by Gasteiger charge is -2.29. The second-order valence-electron chi connectivity index (χ2n) is 4.19. The monoisotopic (exact) mass is 108 g/mol. The first-order chi connectivity index (χ1) is 3.66. The summed E-state index contributed by atoms with van der Waals surface area (Å²) >= 11 is 0. The molecule has 0 amide bonds. The molecule has 1 heteroatoms. The fourth-order valence-corrected chi connectivity index (χ4v) is 2.26. The van der Waals surface area contributed by atoms with Gasteiger partial charge in [0, 0.05) is 0 Å². The zero-order chi connectivity index (χ0) is 5.83. The molecule has 1 spiro atoms. The summed E-state index contributed by atoms with van der Waals surface area (Å²) in [5.74, 6) is 0. The van der Waals surface area contributed by atoms with Crippen molar-refractivity contribution in [1.29, 1.82) is 0 Å². The van der Waals surface area contributed by atoms with Gasteiger partial charge in [0.15, 0.2) is 0 Å². The third kappa shape index (κ3) is 0.351. The Morgan fingerprint density at radius 1 is 1.38 bits per heavy atom. The highest BCUT2D eigenvalue weighted by Gasteiger charge is 2.62. The molecule has 44 valence electrons. The van der Waals surface area contributed by atoms with Crippen molar-refractivity contribution in [3.8, 4) is 0 Å². The van der Waals surface area contributed by atoms with Crippen LogP contribution >= 0.6 is 0 Å². The second-order valence-corrected chi connectivity index (χ2v) is 4.19. The molecule has 0 bridgehead atoms. The summed E-state index contributed by atoms with van der Waals surface area (Å²) in [4.78, 5) is 0. The Morgan fingerprint density at radius 2 is 1.88 bits per heavy atom. The number of rotatable bonds is 0. The summed E-state index contributed by atoms with van der Waals surface area (Å²) in [6.45, 7) is 2.41. The van der Waals surface area contributed by atoms with E-state index in [1.54, 1.807) is 0 Å². The molecule has 2 aliphatic rings. The number of hydrogen-bond acceptors (Lipinski definition) is 0. The van der Waals surface area contributed by atoms with E-state index in [1.807, 2.05) is 0 Å². The van der Waals surface area contributed by atoms with Gasteiger partial charge in [-0.3, -0.25) is 0 Å². The summed E-state index contributed by atoms with van der Waals surface area (Å²) in [6, 6.07) is 0. The Balaban J connectivity index is 2.12. The Morgan fingerprint density at radius 3 is 1.88 bits per heavy atom. The van der Waals surface area contributed by atoms with E-state index in [0.29, 0.717) is 0 Å². The zero-order valence-electron chi connectivity index (χ0n) is 5.83. The molecule has 1 atom stereocenters. The molecule has 0 heterocycles. The van der Waals surface area contributed by atoms with Crippen LogP contribution < -0.4 is 0 Å². The highest BCUT2D eigenvalue weighted by molar-refractivity contribution is 6.18. The van der Waals surface area contributed by atoms with E-state index in [9.17, 15) is 0 Å². The van der Waals surface area contributed by atoms with Crippen LogP contribution in [-0.2, 0) is 0 Å². The van der Waals surface area contributed by atoms with Gasteiger partial charge < -0.3 is 0 Å². The predicted octanol–water partition coefficient (Wildman–Crippen LogP) is 1.37. The van der Waals surface area contributed by atoms with Crippen molar-refractivity contribution in [2.24, 2.45) is 5.41 Å². The fourth-order valence-electron chi connectivity index (χ4n) is 2.26. The maximum Gasteiger partial charge on any atom is 0.109 e. The standard InChI is InChI=1S/C7H13B/c1-6(8)5-7(6)3-2-4-7/h2-5,8H2,1H3. The molecular formula is C7H13B. The van der Waals surface area contributed by atoms with E-state index in [-0.39, 0.29) is 0 Å². The minimum absolute atomic E-state index is 0.741. The molecule has 2 aliphatic carbocycles. The minimum Gasteiger partial charge on any atom is -0.0664 e. The molecular weight excluding hydrogens is 94.9 g/mol. The van der Waals surface area contributed by atoms with Gasteiger partial charge in [-0.15, -0.1) is 0 Å². The molecule has 0 aromatic carbocycles. The average molecular weight is 108 g/mol. The summed E-state index contributed by atoms with van der Waals surface area (Å²) in [7, 11) is 2.41. The zero-order valence-corrected chi connectivity index (χ0v) is 5.83. The molecule has 8 heavy (non-hydrogen) atoms. The van der Waals surface area contributed by atoms with Gasteiger partial charge in [-0.1, -0.05) is 18.7 Å². The van der Waals surface area contributed by atoms with E-state index in [1.165, 1.54) is 25.7 Å². The lowest BCUT2D eigenvalue weighted by atomic mass is 9.68. The lowest BCUT2D eigenvalue weighted by Crippen LogP contribution is -2.16. The van der Waals surface area contributed by atoms with Crippen molar-refractivity contribution >= 4 is 7.85 Å². The van der Waals surface area contributed by atoms with Crippen LogP contribution in [0.4, 0.5) is 0 Å². The SMILES string of the molecule is BC1(C)CC12CCC2. The molecule has 0 N–H and O–H groups in total. The Hall–Kier alpha value is 0.0649. The molecule has 2 rings (SSSR count). The first kappa shape index (κ1) is 4.90. The molecule has 2 saturated carbocycles. The topological polar surface area (TPSA) is 0 Å². The number of hydrogen-bond donors (Lipinski definition) is 0. The summed E-state index contributed by atoms with van der Waals surface area (Å²) in [5.41, 5.74) is 0.868. The van der Waals surface area contributed by atoms with Gasteiger partial charge in [0.05, 0.1) is 0 Å². The van der Waals surface area contributed by atoms with Crippen molar-refractivity contribution in [2.75, 3.05) is 0 Å². The summed E-state index contributed by atoms with van der Waals surface area (Å²) in [5, 5.41) is 0.741. The lowest BCUT2D eigenvalue weighted by molar-refractivity contribution is 0.269. The third-order valence-electron chi connectivity index (χ3n) is 3.40. The molecule has 2 fully saturated rings. The minimum atomic E-state index is 0.741. The fraction of sp³-hybridized carbons (Fsp3) is 1.00. The molecule has 0 aliphatic heterocycles. The highest BCUT2D eigenvalue weighted by atomic mass is 14.6. The molecule has 0 nitrogen and oxygen atoms in total. The third-order valence-corrected chi connectivity index (χ3v) is 3.40. The van der Waals surface area contributed by atoms with Gasteiger partial charge in [0.2, 0.25) is 0 Å². The van der Waals surface area contributed by atoms with Crippen LogP contribution in [0.25, 0.3) is 0 Å². The summed E-state index contributed by atoms with van der Waals surface area (Å²) < 4.78 is 0. The van der Waals surface area contributed by atoms with Crippen LogP contribution in [0.2, 0.25) is 5.31 Å². The average Bonchev–Trinajstić information content (AvgIpc) is 2.05. The van der Waals surface area contributed by atoms with Crippen molar-refractivity contribution in [2.45, 2.75) is 37.9 Å². The maximum absolute atomic E-state index is 2.41. The molecule has 0 saturated heterocycles. The van der Waals surface area contributed by atoms with Crippen LogP contribution in [0.3, 0.4) is 0 Å². The van der Waals surface area contributed by atoms with Crippen LogP contribution in [0.5, 0.6) is 0 Å². The van der Waals surface area contributed by atoms with Crippen LogP contribution in [0.1, 0.15) is 32.6 Å². The predicted molar refractivity (Wildman–Crippen MR) is 37.8 cm³/mol. The van der Waals surface area contributed by atoms with Crippen molar-refractivity contribution < 1.29 is 0 Å². The molecule has 1 unspecified atom stereocenters. The van der Waals surface area contributed by atoms with Gasteiger partial charge >= 0.3 is 0 Å². The van der Waals surface area contributed by atoms with E-state index < -0.39 is 0 Å². The molecule has 0 aromatic rings. The van der Waals surface area contributed by atoms with Crippen LogP contribution in [0.15, 0.2) is 0 Å². The van der Waals surface area contributed by atoms with Gasteiger partial charge in [-0.2, -0.15) is 0 Å². The van der Waals surface area contributed by atoms with Gasteiger partial charge in [-0.05, 0) is 24.7 Å². The highest BCUT2D eigenvalue weighted by Crippen LogP contribution is 2.77. The van der Waals surface area contributed by atoms with E-state index in [0.717, 1.165) is 10.7 Å². The van der Waals surface area contributed by atoms with E-state index in [2.05, 4.69) is 14.8 Å². The normalized spacial score (nSPS) is 48.6. The quantitative estimate of drug-likeness (QED) is 0.411. The Bertz CT molecular complexity index is 122. The summed E-state index contributed by atoms with van der Waals surface area (Å²) in [6.07, 6.45) is 6.07. The first-order valence-electron chi connectivity index (χ1n) is 3.66. The van der Waals surface area contributed by atoms with Gasteiger partial charge in [0.25, 0.3) is 0 Å². The maximum atomic E-state index is 2.41. The van der Waals surface area contributed by atoms with Crippen molar-refractivity contribution in [3.05, 3.63) is 0 Å². The van der Waals surface area contributed by atoms with E-state index >= 15 is 0 Å². The van der Waals surface area contributed by atoms with Gasteiger partial charge in [0.1, 0.15) is 7.85 Å². The van der Waals surface area contributed by atoms with Crippen molar-refractivity contribution in [3.63, 3.8) is 0 Å². The van der Waals surface area contributed by atoms with Crippen LogP contribution in [0, 0.1) is 5.41 Å².